The van der Waals surface area contributed by atoms with Crippen LogP contribution in [0.15, 0.2) is 0 Å². The van der Waals surface area contributed by atoms with Gasteiger partial charge in [-0.15, -0.1) is 0 Å². The second kappa shape index (κ2) is 7.33. The van der Waals surface area contributed by atoms with Gasteiger partial charge >= 0.3 is 6.03 Å². The zero-order valence-corrected chi connectivity index (χ0v) is 11.5. The van der Waals surface area contributed by atoms with Gasteiger partial charge in [-0.1, -0.05) is 0 Å². The lowest BCUT2D eigenvalue weighted by Gasteiger charge is -2.25. The summed E-state index contributed by atoms with van der Waals surface area (Å²) in [6.45, 7) is 6.95. The van der Waals surface area contributed by atoms with Crippen molar-refractivity contribution >= 4 is 11.9 Å². The lowest BCUT2D eigenvalue weighted by atomic mass is 10.2. The third-order valence-electron chi connectivity index (χ3n) is 3.34. The van der Waals surface area contributed by atoms with Crippen molar-refractivity contribution in [2.24, 2.45) is 0 Å². The summed E-state index contributed by atoms with van der Waals surface area (Å²) in [6.07, 6.45) is 2.52. The van der Waals surface area contributed by atoms with Crippen molar-refractivity contribution in [3.05, 3.63) is 0 Å². The molecule has 0 radical (unpaired) electrons. The fourth-order valence-corrected chi connectivity index (χ4v) is 2.03. The van der Waals surface area contributed by atoms with Gasteiger partial charge in [-0.3, -0.25) is 15.0 Å². The molecule has 2 atom stereocenters. The van der Waals surface area contributed by atoms with E-state index >= 15 is 0 Å². The molecule has 0 spiro atoms. The van der Waals surface area contributed by atoms with Crippen LogP contribution in [0.2, 0.25) is 0 Å². The van der Waals surface area contributed by atoms with Crippen LogP contribution in [-0.2, 0) is 4.79 Å². The van der Waals surface area contributed by atoms with Crippen LogP contribution in [0, 0.1) is 0 Å². The Bertz CT molecular complexity index is 290. The van der Waals surface area contributed by atoms with Crippen molar-refractivity contribution in [1.29, 1.82) is 0 Å². The highest BCUT2D eigenvalue weighted by Gasteiger charge is 2.20. The predicted octanol–water partition coefficient (Wildman–Crippen LogP) is -0.0956. The monoisotopic (exact) mass is 256 g/mol. The maximum atomic E-state index is 11.6. The Kier molecular flexibility index (Phi) is 6.07. The van der Waals surface area contributed by atoms with Gasteiger partial charge in [0.15, 0.2) is 0 Å². The first-order chi connectivity index (χ1) is 8.54. The maximum Gasteiger partial charge on any atom is 0.321 e. The molecule has 0 aromatic heterocycles. The number of amides is 3. The molecule has 1 rings (SSSR count). The minimum atomic E-state index is -0.471. The minimum absolute atomic E-state index is 0.303. The van der Waals surface area contributed by atoms with E-state index < -0.39 is 6.03 Å². The fraction of sp³-hybridized carbons (Fsp3) is 0.833. The van der Waals surface area contributed by atoms with E-state index in [0.29, 0.717) is 6.04 Å². The average Bonchev–Trinajstić information content (AvgIpc) is 2.88. The van der Waals surface area contributed by atoms with Crippen molar-refractivity contribution in [2.75, 3.05) is 26.7 Å². The van der Waals surface area contributed by atoms with E-state index in [4.69, 9.17) is 0 Å². The van der Waals surface area contributed by atoms with Crippen LogP contribution >= 0.6 is 0 Å². The Balaban J connectivity index is 2.24. The predicted molar refractivity (Wildman–Crippen MR) is 70.3 cm³/mol. The van der Waals surface area contributed by atoms with Crippen molar-refractivity contribution in [2.45, 2.75) is 38.8 Å². The van der Waals surface area contributed by atoms with Crippen LogP contribution in [0.5, 0.6) is 0 Å². The zero-order chi connectivity index (χ0) is 13.5. The molecule has 3 amide bonds. The van der Waals surface area contributed by atoms with Gasteiger partial charge in [-0.2, -0.15) is 0 Å². The van der Waals surface area contributed by atoms with E-state index in [0.717, 1.165) is 19.6 Å². The van der Waals surface area contributed by atoms with Crippen molar-refractivity contribution in [3.63, 3.8) is 0 Å². The van der Waals surface area contributed by atoms with E-state index in [1.165, 1.54) is 19.9 Å². The topological polar surface area (TPSA) is 73.5 Å². The third kappa shape index (κ3) is 4.62. The van der Waals surface area contributed by atoms with E-state index in [9.17, 15) is 9.59 Å². The normalized spacial score (nSPS) is 19.3. The highest BCUT2D eigenvalue weighted by atomic mass is 16.2. The van der Waals surface area contributed by atoms with Crippen molar-refractivity contribution < 1.29 is 9.59 Å². The standard InChI is InChI=1S/C12H24N4O2/c1-9(16-6-4-5-7-16)8-14-10(2)11(17)15-12(18)13-3/h9-10,14H,4-8H2,1-3H3,(H2,13,15,17,18). The summed E-state index contributed by atoms with van der Waals surface area (Å²) in [5.41, 5.74) is 0. The second-order valence-electron chi connectivity index (χ2n) is 4.79. The van der Waals surface area contributed by atoms with Crippen LogP contribution in [0.3, 0.4) is 0 Å². The van der Waals surface area contributed by atoms with Crippen LogP contribution in [-0.4, -0.2) is 55.6 Å². The number of carbonyl (C=O) groups is 2. The zero-order valence-electron chi connectivity index (χ0n) is 11.5. The quantitative estimate of drug-likeness (QED) is 0.642. The van der Waals surface area contributed by atoms with E-state index in [1.807, 2.05) is 0 Å². The van der Waals surface area contributed by atoms with Gasteiger partial charge in [0, 0.05) is 19.6 Å². The molecule has 3 N–H and O–H groups in total. The first-order valence-corrected chi connectivity index (χ1v) is 6.54. The molecule has 1 fully saturated rings. The van der Waals surface area contributed by atoms with Gasteiger partial charge in [-0.25, -0.2) is 4.79 Å². The Labute approximate surface area is 108 Å². The van der Waals surface area contributed by atoms with Crippen LogP contribution < -0.4 is 16.0 Å². The lowest BCUT2D eigenvalue weighted by Crippen LogP contribution is -2.50. The highest BCUT2D eigenvalue weighted by Crippen LogP contribution is 2.10. The van der Waals surface area contributed by atoms with E-state index in [-0.39, 0.29) is 11.9 Å². The number of likely N-dealkylation sites (tertiary alicyclic amines) is 1. The first-order valence-electron chi connectivity index (χ1n) is 6.54. The molecule has 6 nitrogen and oxygen atoms in total. The molecule has 0 aromatic rings. The molecule has 1 aliphatic rings. The van der Waals surface area contributed by atoms with Gasteiger partial charge < -0.3 is 10.6 Å². The number of hydrogen-bond acceptors (Lipinski definition) is 4. The summed E-state index contributed by atoms with van der Waals surface area (Å²) < 4.78 is 0. The summed E-state index contributed by atoms with van der Waals surface area (Å²) in [7, 11) is 1.48. The molecule has 6 heteroatoms. The van der Waals surface area contributed by atoms with E-state index in [2.05, 4.69) is 27.8 Å². The second-order valence-corrected chi connectivity index (χ2v) is 4.79. The summed E-state index contributed by atoms with van der Waals surface area (Å²) >= 11 is 0. The van der Waals surface area contributed by atoms with Crippen molar-refractivity contribution in [3.8, 4) is 0 Å². The van der Waals surface area contributed by atoms with Crippen LogP contribution in [0.4, 0.5) is 4.79 Å². The molecule has 0 bridgehead atoms. The molecule has 1 heterocycles. The van der Waals surface area contributed by atoms with Gasteiger partial charge in [0.25, 0.3) is 0 Å². The summed E-state index contributed by atoms with van der Waals surface area (Å²) in [4.78, 5) is 25.0. The number of urea groups is 1. The van der Waals surface area contributed by atoms with Gasteiger partial charge in [0.05, 0.1) is 6.04 Å². The number of nitrogens with zero attached hydrogens (tertiary/aromatic N) is 1. The molecule has 0 aromatic carbocycles. The lowest BCUT2D eigenvalue weighted by molar-refractivity contribution is -0.121. The summed E-state index contributed by atoms with van der Waals surface area (Å²) in [5, 5.41) is 7.77. The number of rotatable bonds is 5. The Morgan fingerprint density at radius 1 is 1.22 bits per heavy atom. The molecule has 18 heavy (non-hydrogen) atoms. The third-order valence-corrected chi connectivity index (χ3v) is 3.34. The van der Waals surface area contributed by atoms with Crippen LogP contribution in [0.1, 0.15) is 26.7 Å². The highest BCUT2D eigenvalue weighted by molar-refractivity contribution is 5.96. The van der Waals surface area contributed by atoms with Crippen molar-refractivity contribution in [1.82, 2.24) is 20.9 Å². The molecule has 0 aliphatic carbocycles. The van der Waals surface area contributed by atoms with Gasteiger partial charge in [-0.05, 0) is 39.8 Å². The summed E-state index contributed by atoms with van der Waals surface area (Å²) in [5.74, 6) is -0.303. The van der Waals surface area contributed by atoms with Crippen LogP contribution in [0.25, 0.3) is 0 Å². The Hall–Kier alpha value is -1.14. The number of nitrogens with one attached hydrogen (secondary N) is 3. The van der Waals surface area contributed by atoms with E-state index in [1.54, 1.807) is 6.92 Å². The molecule has 0 saturated carbocycles. The largest absolute Gasteiger partial charge is 0.341 e. The molecule has 1 aliphatic heterocycles. The minimum Gasteiger partial charge on any atom is -0.341 e. The van der Waals surface area contributed by atoms with Gasteiger partial charge in [0.1, 0.15) is 0 Å². The first kappa shape index (κ1) is 14.9. The number of carbonyl (C=O) groups excluding carboxylic acids is 2. The Morgan fingerprint density at radius 2 is 1.83 bits per heavy atom. The molecule has 1 saturated heterocycles. The smallest absolute Gasteiger partial charge is 0.321 e. The van der Waals surface area contributed by atoms with Gasteiger partial charge in [0.2, 0.25) is 5.91 Å². The number of hydrogen-bond donors (Lipinski definition) is 3. The fourth-order valence-electron chi connectivity index (χ4n) is 2.03. The average molecular weight is 256 g/mol. The molecular formula is C12H24N4O2. The number of imide groups is 1. The summed E-state index contributed by atoms with van der Waals surface area (Å²) in [6, 6.07) is -0.420. The molecular weight excluding hydrogens is 232 g/mol. The molecule has 2 unspecified atom stereocenters. The Morgan fingerprint density at radius 3 is 2.39 bits per heavy atom. The molecule has 104 valence electrons. The SMILES string of the molecule is CNC(=O)NC(=O)C(C)NCC(C)N1CCCC1. The maximum absolute atomic E-state index is 11.6.